The minimum absolute atomic E-state index is 0.499. The summed E-state index contributed by atoms with van der Waals surface area (Å²) in [6, 6.07) is 13.9. The van der Waals surface area contributed by atoms with Crippen molar-refractivity contribution in [3.63, 3.8) is 0 Å². The van der Waals surface area contributed by atoms with Gasteiger partial charge in [0, 0.05) is 20.7 Å². The van der Waals surface area contributed by atoms with Crippen LogP contribution in [0.3, 0.4) is 0 Å². The summed E-state index contributed by atoms with van der Waals surface area (Å²) in [5.74, 6) is -1.68. The maximum atomic E-state index is 11.7. The predicted molar refractivity (Wildman–Crippen MR) is 90.0 cm³/mol. The van der Waals surface area contributed by atoms with Crippen molar-refractivity contribution in [2.24, 2.45) is 5.10 Å². The molecule has 2 aromatic carbocycles. The molecule has 0 atom stereocenters. The van der Waals surface area contributed by atoms with Crippen molar-refractivity contribution >= 4 is 51.2 Å². The summed E-state index contributed by atoms with van der Waals surface area (Å²) >= 11 is 9.21. The Kier molecular flexibility index (Phi) is 5.68. The highest BCUT2D eigenvalue weighted by Crippen LogP contribution is 2.15. The van der Waals surface area contributed by atoms with Gasteiger partial charge in [-0.15, -0.1) is 0 Å². The quantitative estimate of drug-likeness (QED) is 0.488. The molecule has 0 spiro atoms. The van der Waals surface area contributed by atoms with E-state index in [1.54, 1.807) is 42.5 Å². The number of hydrogen-bond acceptors (Lipinski definition) is 3. The van der Waals surface area contributed by atoms with Gasteiger partial charge in [-0.25, -0.2) is 5.43 Å². The van der Waals surface area contributed by atoms with Gasteiger partial charge < -0.3 is 5.32 Å². The Morgan fingerprint density at radius 1 is 1.09 bits per heavy atom. The standard InChI is InChI=1S/C15H11BrClN3O2/c16-11-5-3-6-12(8-11)19-14(21)15(22)20-18-9-10-4-1-2-7-13(10)17/h1-9H,(H,19,21)(H,20,22)/b18-9-. The van der Waals surface area contributed by atoms with Crippen LogP contribution < -0.4 is 10.7 Å². The number of hydrazone groups is 1. The van der Waals surface area contributed by atoms with Gasteiger partial charge in [0.25, 0.3) is 0 Å². The lowest BCUT2D eigenvalue weighted by atomic mass is 10.2. The fourth-order valence-corrected chi connectivity index (χ4v) is 2.13. The average molecular weight is 381 g/mol. The molecule has 0 aliphatic carbocycles. The lowest BCUT2D eigenvalue weighted by Crippen LogP contribution is -2.32. The first-order chi connectivity index (χ1) is 10.6. The van der Waals surface area contributed by atoms with Gasteiger partial charge in [-0.3, -0.25) is 9.59 Å². The largest absolute Gasteiger partial charge is 0.329 e. The Labute approximate surface area is 140 Å². The molecule has 112 valence electrons. The Morgan fingerprint density at radius 2 is 1.86 bits per heavy atom. The van der Waals surface area contributed by atoms with E-state index >= 15 is 0 Å². The smallest absolute Gasteiger partial charge is 0.318 e. The normalized spacial score (nSPS) is 10.5. The third-order valence-electron chi connectivity index (χ3n) is 2.56. The molecule has 0 aliphatic rings. The van der Waals surface area contributed by atoms with Crippen LogP contribution in [0.4, 0.5) is 5.69 Å². The van der Waals surface area contributed by atoms with Gasteiger partial charge in [-0.1, -0.05) is 51.8 Å². The van der Waals surface area contributed by atoms with Gasteiger partial charge in [-0.05, 0) is 24.3 Å². The van der Waals surface area contributed by atoms with Crippen molar-refractivity contribution in [3.8, 4) is 0 Å². The van der Waals surface area contributed by atoms with Crippen molar-refractivity contribution < 1.29 is 9.59 Å². The lowest BCUT2D eigenvalue weighted by Gasteiger charge is -2.04. The van der Waals surface area contributed by atoms with Crippen LogP contribution in [0.25, 0.3) is 0 Å². The zero-order valence-corrected chi connectivity index (χ0v) is 13.6. The van der Waals surface area contributed by atoms with E-state index in [-0.39, 0.29) is 0 Å². The SMILES string of the molecule is O=C(N/N=C\c1ccccc1Cl)C(=O)Nc1cccc(Br)c1. The maximum Gasteiger partial charge on any atom is 0.329 e. The number of nitrogens with one attached hydrogen (secondary N) is 2. The van der Waals surface area contributed by atoms with Crippen molar-refractivity contribution in [2.75, 3.05) is 5.32 Å². The van der Waals surface area contributed by atoms with Crippen LogP contribution in [0.2, 0.25) is 5.02 Å². The number of rotatable bonds is 3. The van der Waals surface area contributed by atoms with Gasteiger partial charge in [0.15, 0.2) is 0 Å². The Bertz CT molecular complexity index is 734. The van der Waals surface area contributed by atoms with Gasteiger partial charge in [-0.2, -0.15) is 5.10 Å². The molecule has 0 aromatic heterocycles. The molecule has 0 heterocycles. The summed E-state index contributed by atoms with van der Waals surface area (Å²) < 4.78 is 0.794. The van der Waals surface area contributed by atoms with E-state index in [0.29, 0.717) is 16.3 Å². The monoisotopic (exact) mass is 379 g/mol. The van der Waals surface area contributed by atoms with Crippen LogP contribution in [0.15, 0.2) is 58.1 Å². The molecular formula is C15H11BrClN3O2. The highest BCUT2D eigenvalue weighted by Gasteiger charge is 2.12. The number of halogens is 2. The first kappa shape index (κ1) is 16.2. The number of carbonyl (C=O) groups excluding carboxylic acids is 2. The number of amides is 2. The Balaban J connectivity index is 1.92. The molecule has 2 amide bonds. The van der Waals surface area contributed by atoms with Crippen LogP contribution in [0.5, 0.6) is 0 Å². The van der Waals surface area contributed by atoms with E-state index < -0.39 is 11.8 Å². The summed E-state index contributed by atoms with van der Waals surface area (Å²) in [6.07, 6.45) is 1.37. The summed E-state index contributed by atoms with van der Waals surface area (Å²) in [7, 11) is 0. The second kappa shape index (κ2) is 7.72. The maximum absolute atomic E-state index is 11.7. The highest BCUT2D eigenvalue weighted by molar-refractivity contribution is 9.10. The molecule has 0 aliphatic heterocycles. The van der Waals surface area contributed by atoms with Gasteiger partial charge in [0.05, 0.1) is 6.21 Å². The number of nitrogens with zero attached hydrogens (tertiary/aromatic N) is 1. The second-order valence-corrected chi connectivity index (χ2v) is 5.51. The fraction of sp³-hybridized carbons (Fsp3) is 0. The molecule has 2 rings (SSSR count). The molecule has 22 heavy (non-hydrogen) atoms. The van der Waals surface area contributed by atoms with Gasteiger partial charge in [0.1, 0.15) is 0 Å². The summed E-state index contributed by atoms with van der Waals surface area (Å²) in [6.45, 7) is 0. The van der Waals surface area contributed by atoms with Crippen LogP contribution in [-0.2, 0) is 9.59 Å². The minimum Gasteiger partial charge on any atom is -0.318 e. The van der Waals surface area contributed by atoms with E-state index in [9.17, 15) is 9.59 Å². The summed E-state index contributed by atoms with van der Waals surface area (Å²) in [5, 5.41) is 6.66. The number of hydrogen-bond donors (Lipinski definition) is 2. The van der Waals surface area contributed by atoms with Crippen molar-refractivity contribution in [2.45, 2.75) is 0 Å². The summed E-state index contributed by atoms with van der Waals surface area (Å²) in [5.41, 5.74) is 3.28. The lowest BCUT2D eigenvalue weighted by molar-refractivity contribution is -0.136. The van der Waals surface area contributed by atoms with Crippen LogP contribution >= 0.6 is 27.5 Å². The average Bonchev–Trinajstić information content (AvgIpc) is 2.49. The Hall–Kier alpha value is -2.18. The zero-order chi connectivity index (χ0) is 15.9. The summed E-state index contributed by atoms with van der Waals surface area (Å²) in [4.78, 5) is 23.3. The fourth-order valence-electron chi connectivity index (χ4n) is 1.55. The molecule has 0 fully saturated rings. The molecule has 0 bridgehead atoms. The second-order valence-electron chi connectivity index (χ2n) is 4.19. The predicted octanol–water partition coefficient (Wildman–Crippen LogP) is 3.19. The van der Waals surface area contributed by atoms with E-state index in [0.717, 1.165) is 4.47 Å². The van der Waals surface area contributed by atoms with Gasteiger partial charge in [0.2, 0.25) is 0 Å². The molecule has 0 radical (unpaired) electrons. The van der Waals surface area contributed by atoms with E-state index in [2.05, 4.69) is 31.8 Å². The molecule has 0 saturated carbocycles. The third-order valence-corrected chi connectivity index (χ3v) is 3.40. The molecule has 2 N–H and O–H groups in total. The van der Waals surface area contributed by atoms with E-state index in [4.69, 9.17) is 11.6 Å². The molecule has 0 saturated heterocycles. The molecule has 7 heteroatoms. The molecule has 5 nitrogen and oxygen atoms in total. The molecule has 0 unspecified atom stereocenters. The first-order valence-electron chi connectivity index (χ1n) is 6.21. The molecular weight excluding hydrogens is 370 g/mol. The van der Waals surface area contributed by atoms with Crippen LogP contribution in [0.1, 0.15) is 5.56 Å². The number of carbonyl (C=O) groups is 2. The van der Waals surface area contributed by atoms with Crippen LogP contribution in [-0.4, -0.2) is 18.0 Å². The minimum atomic E-state index is -0.872. The highest BCUT2D eigenvalue weighted by atomic mass is 79.9. The van der Waals surface area contributed by atoms with Crippen molar-refractivity contribution in [3.05, 3.63) is 63.6 Å². The third kappa shape index (κ3) is 4.68. The number of benzene rings is 2. The van der Waals surface area contributed by atoms with Crippen molar-refractivity contribution in [1.82, 2.24) is 5.43 Å². The Morgan fingerprint density at radius 3 is 2.59 bits per heavy atom. The van der Waals surface area contributed by atoms with E-state index in [1.807, 2.05) is 6.07 Å². The molecule has 2 aromatic rings. The van der Waals surface area contributed by atoms with Gasteiger partial charge >= 0.3 is 11.8 Å². The zero-order valence-electron chi connectivity index (χ0n) is 11.2. The number of anilines is 1. The van der Waals surface area contributed by atoms with Crippen molar-refractivity contribution in [1.29, 1.82) is 0 Å². The van der Waals surface area contributed by atoms with Crippen LogP contribution in [0, 0.1) is 0 Å². The van der Waals surface area contributed by atoms with E-state index in [1.165, 1.54) is 6.21 Å². The topological polar surface area (TPSA) is 70.6 Å². The first-order valence-corrected chi connectivity index (χ1v) is 7.38.